The lowest BCUT2D eigenvalue weighted by molar-refractivity contribution is 0.145. The van der Waals surface area contributed by atoms with Crippen molar-refractivity contribution in [3.63, 3.8) is 0 Å². The van der Waals surface area contributed by atoms with Crippen molar-refractivity contribution in [3.8, 4) is 0 Å². The van der Waals surface area contributed by atoms with Gasteiger partial charge in [-0.25, -0.2) is 0 Å². The van der Waals surface area contributed by atoms with Gasteiger partial charge in [0.25, 0.3) is 0 Å². The van der Waals surface area contributed by atoms with Crippen molar-refractivity contribution in [2.45, 2.75) is 52.2 Å². The van der Waals surface area contributed by atoms with Gasteiger partial charge in [-0.1, -0.05) is 20.8 Å². The van der Waals surface area contributed by atoms with Crippen LogP contribution in [0.3, 0.4) is 0 Å². The Bertz CT molecular complexity index is 372. The second kappa shape index (κ2) is 5.89. The Labute approximate surface area is 110 Å². The van der Waals surface area contributed by atoms with Crippen molar-refractivity contribution in [2.24, 2.45) is 11.8 Å². The SMILES string of the molecule is CC(C)CC(O)CNCc1ccc(C2CC2C)o1. The summed E-state index contributed by atoms with van der Waals surface area (Å²) in [7, 11) is 0. The highest BCUT2D eigenvalue weighted by molar-refractivity contribution is 5.17. The predicted octanol–water partition coefficient (Wildman–Crippen LogP) is 2.90. The molecule has 1 aromatic rings. The van der Waals surface area contributed by atoms with E-state index in [2.05, 4.69) is 32.2 Å². The third kappa shape index (κ3) is 3.85. The summed E-state index contributed by atoms with van der Waals surface area (Å²) < 4.78 is 5.80. The molecule has 3 atom stereocenters. The Morgan fingerprint density at radius 2 is 2.17 bits per heavy atom. The Balaban J connectivity index is 1.69. The van der Waals surface area contributed by atoms with Crippen LogP contribution in [0.25, 0.3) is 0 Å². The fourth-order valence-electron chi connectivity index (χ4n) is 2.40. The maximum absolute atomic E-state index is 9.74. The first-order valence-corrected chi connectivity index (χ1v) is 7.03. The van der Waals surface area contributed by atoms with Crippen molar-refractivity contribution in [3.05, 3.63) is 23.7 Å². The van der Waals surface area contributed by atoms with Crippen LogP contribution in [0.5, 0.6) is 0 Å². The number of hydrogen-bond acceptors (Lipinski definition) is 3. The van der Waals surface area contributed by atoms with Crippen LogP contribution in [-0.4, -0.2) is 17.8 Å². The van der Waals surface area contributed by atoms with Gasteiger partial charge in [-0.3, -0.25) is 0 Å². The number of furan rings is 1. The molecule has 1 saturated carbocycles. The first-order chi connectivity index (χ1) is 8.56. The van der Waals surface area contributed by atoms with Crippen LogP contribution in [0, 0.1) is 11.8 Å². The van der Waals surface area contributed by atoms with Crippen LogP contribution < -0.4 is 5.32 Å². The number of rotatable bonds is 7. The van der Waals surface area contributed by atoms with Gasteiger partial charge in [-0.2, -0.15) is 0 Å². The van der Waals surface area contributed by atoms with E-state index in [4.69, 9.17) is 4.42 Å². The maximum Gasteiger partial charge on any atom is 0.117 e. The fourth-order valence-corrected chi connectivity index (χ4v) is 2.40. The minimum atomic E-state index is -0.261. The minimum Gasteiger partial charge on any atom is -0.464 e. The smallest absolute Gasteiger partial charge is 0.117 e. The fraction of sp³-hybridized carbons (Fsp3) is 0.733. The second-order valence-electron chi connectivity index (χ2n) is 6.04. The second-order valence-corrected chi connectivity index (χ2v) is 6.04. The predicted molar refractivity (Wildman–Crippen MR) is 72.4 cm³/mol. The molecule has 0 radical (unpaired) electrons. The molecule has 2 N–H and O–H groups in total. The van der Waals surface area contributed by atoms with Gasteiger partial charge >= 0.3 is 0 Å². The molecule has 0 bridgehead atoms. The highest BCUT2D eigenvalue weighted by Crippen LogP contribution is 2.47. The molecule has 0 saturated heterocycles. The first-order valence-electron chi connectivity index (χ1n) is 7.03. The third-order valence-corrected chi connectivity index (χ3v) is 3.58. The van der Waals surface area contributed by atoms with E-state index in [1.165, 1.54) is 6.42 Å². The van der Waals surface area contributed by atoms with E-state index in [-0.39, 0.29) is 6.10 Å². The Morgan fingerprint density at radius 1 is 1.44 bits per heavy atom. The van der Waals surface area contributed by atoms with Gasteiger partial charge in [0.05, 0.1) is 12.6 Å². The molecule has 0 aliphatic heterocycles. The molecule has 1 aliphatic rings. The number of nitrogens with one attached hydrogen (secondary N) is 1. The van der Waals surface area contributed by atoms with Crippen molar-refractivity contribution < 1.29 is 9.52 Å². The van der Waals surface area contributed by atoms with Crippen LogP contribution in [0.1, 0.15) is 51.1 Å². The largest absolute Gasteiger partial charge is 0.464 e. The molecule has 0 aromatic carbocycles. The molecule has 2 rings (SSSR count). The molecule has 3 nitrogen and oxygen atoms in total. The van der Waals surface area contributed by atoms with Gasteiger partial charge in [0.1, 0.15) is 11.5 Å². The average Bonchev–Trinajstić information content (AvgIpc) is 2.83. The summed E-state index contributed by atoms with van der Waals surface area (Å²) in [6, 6.07) is 4.14. The molecule has 3 heteroatoms. The van der Waals surface area contributed by atoms with Crippen molar-refractivity contribution in [2.75, 3.05) is 6.54 Å². The lowest BCUT2D eigenvalue weighted by atomic mass is 10.1. The van der Waals surface area contributed by atoms with E-state index < -0.39 is 0 Å². The average molecular weight is 251 g/mol. The highest BCUT2D eigenvalue weighted by atomic mass is 16.3. The topological polar surface area (TPSA) is 45.4 Å². The summed E-state index contributed by atoms with van der Waals surface area (Å²) in [6.45, 7) is 7.84. The Hall–Kier alpha value is -0.800. The zero-order valence-electron chi connectivity index (χ0n) is 11.6. The lowest BCUT2D eigenvalue weighted by Crippen LogP contribution is -2.27. The Kier molecular flexibility index (Phi) is 4.46. The third-order valence-electron chi connectivity index (χ3n) is 3.58. The van der Waals surface area contributed by atoms with Crippen LogP contribution in [0.15, 0.2) is 16.5 Å². The van der Waals surface area contributed by atoms with E-state index >= 15 is 0 Å². The number of hydrogen-bond donors (Lipinski definition) is 2. The molecular weight excluding hydrogens is 226 g/mol. The molecule has 102 valence electrons. The quantitative estimate of drug-likeness (QED) is 0.783. The molecule has 1 heterocycles. The van der Waals surface area contributed by atoms with Crippen molar-refractivity contribution in [1.29, 1.82) is 0 Å². The van der Waals surface area contributed by atoms with Crippen LogP contribution in [-0.2, 0) is 6.54 Å². The van der Waals surface area contributed by atoms with Gasteiger partial charge in [-0.05, 0) is 36.8 Å². The number of aliphatic hydroxyl groups excluding tert-OH is 1. The van der Waals surface area contributed by atoms with Gasteiger partial charge in [0, 0.05) is 12.5 Å². The summed E-state index contributed by atoms with van der Waals surface area (Å²) in [5, 5.41) is 13.0. The molecule has 18 heavy (non-hydrogen) atoms. The van der Waals surface area contributed by atoms with Gasteiger partial charge < -0.3 is 14.8 Å². The molecule has 1 fully saturated rings. The maximum atomic E-state index is 9.74. The van der Waals surface area contributed by atoms with E-state index in [0.29, 0.717) is 24.9 Å². The summed E-state index contributed by atoms with van der Waals surface area (Å²) in [4.78, 5) is 0. The van der Waals surface area contributed by atoms with Gasteiger partial charge in [0.15, 0.2) is 0 Å². The molecule has 1 aromatic heterocycles. The lowest BCUT2D eigenvalue weighted by Gasteiger charge is -2.13. The van der Waals surface area contributed by atoms with E-state index in [1.54, 1.807) is 0 Å². The van der Waals surface area contributed by atoms with E-state index in [1.807, 2.05) is 6.07 Å². The van der Waals surface area contributed by atoms with Gasteiger partial charge in [-0.15, -0.1) is 0 Å². The van der Waals surface area contributed by atoms with E-state index in [0.717, 1.165) is 23.9 Å². The first kappa shape index (κ1) is 13.6. The molecule has 3 unspecified atom stereocenters. The van der Waals surface area contributed by atoms with Crippen LogP contribution >= 0.6 is 0 Å². The molecule has 0 spiro atoms. The summed E-state index contributed by atoms with van der Waals surface area (Å²) in [6.07, 6.45) is 1.84. The van der Waals surface area contributed by atoms with Crippen LogP contribution in [0.2, 0.25) is 0 Å². The standard InChI is InChI=1S/C15H25NO2/c1-10(2)6-12(17)8-16-9-13-4-5-15(18-13)14-7-11(14)3/h4-5,10-12,14,16-17H,6-9H2,1-3H3. The van der Waals surface area contributed by atoms with Gasteiger partial charge in [0.2, 0.25) is 0 Å². The van der Waals surface area contributed by atoms with E-state index in [9.17, 15) is 5.11 Å². The highest BCUT2D eigenvalue weighted by Gasteiger charge is 2.36. The monoisotopic (exact) mass is 251 g/mol. The van der Waals surface area contributed by atoms with Crippen LogP contribution in [0.4, 0.5) is 0 Å². The molecule has 1 aliphatic carbocycles. The zero-order valence-corrected chi connectivity index (χ0v) is 11.6. The summed E-state index contributed by atoms with van der Waals surface area (Å²) in [5.74, 6) is 4.06. The number of aliphatic hydroxyl groups is 1. The molecular formula is C15H25NO2. The van der Waals surface area contributed by atoms with Crippen molar-refractivity contribution >= 4 is 0 Å². The summed E-state index contributed by atoms with van der Waals surface area (Å²) >= 11 is 0. The summed E-state index contributed by atoms with van der Waals surface area (Å²) in [5.41, 5.74) is 0. The Morgan fingerprint density at radius 3 is 2.78 bits per heavy atom. The minimum absolute atomic E-state index is 0.261. The van der Waals surface area contributed by atoms with Crippen molar-refractivity contribution in [1.82, 2.24) is 5.32 Å². The zero-order chi connectivity index (χ0) is 13.1. The normalized spacial score (nSPS) is 24.5. The molecule has 0 amide bonds.